The van der Waals surface area contributed by atoms with E-state index in [-0.39, 0.29) is 5.92 Å². The van der Waals surface area contributed by atoms with E-state index in [2.05, 4.69) is 39.8 Å². The van der Waals surface area contributed by atoms with Crippen molar-refractivity contribution in [3.63, 3.8) is 0 Å². The maximum absolute atomic E-state index is 5.80. The van der Waals surface area contributed by atoms with Gasteiger partial charge in [-0.15, -0.1) is 22.0 Å². The summed E-state index contributed by atoms with van der Waals surface area (Å²) in [6.45, 7) is 0.694. The molecule has 19 heavy (non-hydrogen) atoms. The number of hydrogen-bond donors (Lipinski definition) is 1. The molecule has 0 bridgehead atoms. The third-order valence-corrected chi connectivity index (χ3v) is 4.78. The first-order chi connectivity index (χ1) is 9.40. The molecule has 1 aliphatic carbocycles. The number of hydrogen-bond acceptors (Lipinski definition) is 5. The summed E-state index contributed by atoms with van der Waals surface area (Å²) in [5, 5.41) is 11.8. The molecule has 98 valence electrons. The standard InChI is InChI=1S/C14H15N3OS/c1-2-4-12-10(3-1)11(8-19-12)14-17-16-13(18-14)7-15-9-5-6-9/h1-4,9,11,15H,5-8H2. The van der Waals surface area contributed by atoms with Crippen molar-refractivity contribution in [3.05, 3.63) is 41.6 Å². The van der Waals surface area contributed by atoms with Gasteiger partial charge in [-0.05, 0) is 24.5 Å². The first kappa shape index (κ1) is 11.5. The molecule has 2 heterocycles. The van der Waals surface area contributed by atoms with Gasteiger partial charge in [-0.3, -0.25) is 0 Å². The minimum Gasteiger partial charge on any atom is -0.423 e. The van der Waals surface area contributed by atoms with Crippen LogP contribution in [0.4, 0.5) is 0 Å². The highest BCUT2D eigenvalue weighted by molar-refractivity contribution is 7.99. The lowest BCUT2D eigenvalue weighted by Crippen LogP contribution is -2.15. The van der Waals surface area contributed by atoms with Crippen LogP contribution in [-0.2, 0) is 6.54 Å². The first-order valence-electron chi connectivity index (χ1n) is 6.67. The molecule has 1 aromatic heterocycles. The third-order valence-electron chi connectivity index (χ3n) is 3.60. The van der Waals surface area contributed by atoms with Gasteiger partial charge in [-0.25, -0.2) is 0 Å². The van der Waals surface area contributed by atoms with Gasteiger partial charge >= 0.3 is 0 Å². The Balaban J connectivity index is 1.53. The van der Waals surface area contributed by atoms with Crippen LogP contribution in [0.3, 0.4) is 0 Å². The average molecular weight is 273 g/mol. The molecule has 1 aliphatic heterocycles. The Morgan fingerprint density at radius 1 is 1.26 bits per heavy atom. The second-order valence-corrected chi connectivity index (χ2v) is 6.15. The Hall–Kier alpha value is -1.33. The number of nitrogens with one attached hydrogen (secondary N) is 1. The van der Waals surface area contributed by atoms with Crippen LogP contribution in [0.15, 0.2) is 33.6 Å². The van der Waals surface area contributed by atoms with Gasteiger partial charge in [0.2, 0.25) is 11.8 Å². The number of fused-ring (bicyclic) bond motifs is 1. The first-order valence-corrected chi connectivity index (χ1v) is 7.66. The van der Waals surface area contributed by atoms with Crippen molar-refractivity contribution in [2.75, 3.05) is 5.75 Å². The van der Waals surface area contributed by atoms with Gasteiger partial charge in [0, 0.05) is 16.7 Å². The fourth-order valence-corrected chi connectivity index (χ4v) is 3.59. The summed E-state index contributed by atoms with van der Waals surface area (Å²) in [4.78, 5) is 1.34. The molecule has 1 aromatic carbocycles. The van der Waals surface area contributed by atoms with Gasteiger partial charge in [0.1, 0.15) is 0 Å². The Bertz CT molecular complexity index is 594. The SMILES string of the molecule is c1ccc2c(c1)SCC2c1nnc(CNC2CC2)o1. The molecule has 1 unspecified atom stereocenters. The van der Waals surface area contributed by atoms with Crippen molar-refractivity contribution >= 4 is 11.8 Å². The molecular weight excluding hydrogens is 258 g/mol. The van der Waals surface area contributed by atoms with Crippen LogP contribution in [0.5, 0.6) is 0 Å². The summed E-state index contributed by atoms with van der Waals surface area (Å²) in [7, 11) is 0. The maximum atomic E-state index is 5.80. The zero-order chi connectivity index (χ0) is 12.7. The van der Waals surface area contributed by atoms with E-state index in [1.807, 2.05) is 11.8 Å². The maximum Gasteiger partial charge on any atom is 0.230 e. The van der Waals surface area contributed by atoms with Crippen molar-refractivity contribution in [3.8, 4) is 0 Å². The van der Waals surface area contributed by atoms with E-state index in [0.29, 0.717) is 18.5 Å². The minimum atomic E-state index is 0.253. The molecule has 1 atom stereocenters. The van der Waals surface area contributed by atoms with Gasteiger partial charge < -0.3 is 9.73 Å². The second-order valence-electron chi connectivity index (χ2n) is 5.09. The van der Waals surface area contributed by atoms with Gasteiger partial charge in [0.15, 0.2) is 0 Å². The number of aromatic nitrogens is 2. The molecule has 1 N–H and O–H groups in total. The minimum absolute atomic E-state index is 0.253. The number of benzene rings is 1. The van der Waals surface area contributed by atoms with Crippen LogP contribution in [0.1, 0.15) is 36.1 Å². The fourth-order valence-electron chi connectivity index (χ4n) is 2.37. The van der Waals surface area contributed by atoms with Crippen molar-refractivity contribution in [1.29, 1.82) is 0 Å². The van der Waals surface area contributed by atoms with Crippen LogP contribution < -0.4 is 5.32 Å². The monoisotopic (exact) mass is 273 g/mol. The van der Waals surface area contributed by atoms with Gasteiger partial charge in [0.25, 0.3) is 0 Å². The molecule has 1 fully saturated rings. The zero-order valence-electron chi connectivity index (χ0n) is 10.5. The normalized spacial score (nSPS) is 21.6. The van der Waals surface area contributed by atoms with Crippen LogP contribution in [0.25, 0.3) is 0 Å². The molecule has 5 heteroatoms. The van der Waals surface area contributed by atoms with Crippen LogP contribution in [0, 0.1) is 0 Å². The highest BCUT2D eigenvalue weighted by atomic mass is 32.2. The summed E-state index contributed by atoms with van der Waals surface area (Å²) in [5.74, 6) is 2.71. The Labute approximate surface area is 116 Å². The average Bonchev–Trinajstić information content (AvgIpc) is 3.00. The summed E-state index contributed by atoms with van der Waals surface area (Å²) in [5.41, 5.74) is 1.32. The summed E-state index contributed by atoms with van der Waals surface area (Å²) in [6.07, 6.45) is 2.54. The largest absolute Gasteiger partial charge is 0.423 e. The van der Waals surface area contributed by atoms with Crippen molar-refractivity contribution < 1.29 is 4.42 Å². The van der Waals surface area contributed by atoms with Crippen molar-refractivity contribution in [2.45, 2.75) is 36.2 Å². The quantitative estimate of drug-likeness (QED) is 0.927. The number of rotatable bonds is 4. The predicted octanol–water partition coefficient (Wildman–Crippen LogP) is 2.56. The van der Waals surface area contributed by atoms with E-state index in [0.717, 1.165) is 11.6 Å². The van der Waals surface area contributed by atoms with Gasteiger partial charge in [0.05, 0.1) is 12.5 Å². The number of nitrogens with zero attached hydrogens (tertiary/aromatic N) is 2. The highest BCUT2D eigenvalue weighted by Crippen LogP contribution is 2.42. The van der Waals surface area contributed by atoms with E-state index in [4.69, 9.17) is 4.42 Å². The topological polar surface area (TPSA) is 51.0 Å². The van der Waals surface area contributed by atoms with E-state index in [9.17, 15) is 0 Å². The highest BCUT2D eigenvalue weighted by Gasteiger charge is 2.29. The predicted molar refractivity (Wildman–Crippen MR) is 73.2 cm³/mol. The smallest absolute Gasteiger partial charge is 0.230 e. The van der Waals surface area contributed by atoms with E-state index in [1.165, 1.54) is 23.3 Å². The summed E-state index contributed by atoms with van der Waals surface area (Å²) in [6, 6.07) is 9.13. The summed E-state index contributed by atoms with van der Waals surface area (Å²) >= 11 is 1.86. The van der Waals surface area contributed by atoms with E-state index in [1.54, 1.807) is 0 Å². The molecule has 2 aromatic rings. The molecule has 0 amide bonds. The van der Waals surface area contributed by atoms with Gasteiger partial charge in [-0.2, -0.15) is 0 Å². The van der Waals surface area contributed by atoms with Gasteiger partial charge in [-0.1, -0.05) is 18.2 Å². The molecule has 0 saturated heterocycles. The van der Waals surface area contributed by atoms with E-state index < -0.39 is 0 Å². The van der Waals surface area contributed by atoms with Crippen LogP contribution in [0.2, 0.25) is 0 Å². The van der Waals surface area contributed by atoms with Crippen LogP contribution in [-0.4, -0.2) is 22.0 Å². The second kappa shape index (κ2) is 4.65. The Kier molecular flexibility index (Phi) is 2.81. The molecular formula is C14H15N3OS. The molecule has 0 radical (unpaired) electrons. The lowest BCUT2D eigenvalue weighted by molar-refractivity contribution is 0.424. The van der Waals surface area contributed by atoms with Crippen molar-refractivity contribution in [2.24, 2.45) is 0 Å². The lowest BCUT2D eigenvalue weighted by atomic mass is 10.0. The molecule has 1 saturated carbocycles. The third kappa shape index (κ3) is 2.28. The Morgan fingerprint density at radius 3 is 3.05 bits per heavy atom. The summed E-state index contributed by atoms with van der Waals surface area (Å²) < 4.78 is 5.80. The zero-order valence-corrected chi connectivity index (χ0v) is 11.3. The number of thioether (sulfide) groups is 1. The fraction of sp³-hybridized carbons (Fsp3) is 0.429. The van der Waals surface area contributed by atoms with Crippen molar-refractivity contribution in [1.82, 2.24) is 15.5 Å². The lowest BCUT2D eigenvalue weighted by Gasteiger charge is -2.04. The van der Waals surface area contributed by atoms with E-state index >= 15 is 0 Å². The molecule has 2 aliphatic rings. The molecule has 0 spiro atoms. The molecule has 4 nitrogen and oxygen atoms in total. The molecule has 4 rings (SSSR count). The van der Waals surface area contributed by atoms with Crippen LogP contribution >= 0.6 is 11.8 Å². The Morgan fingerprint density at radius 2 is 2.16 bits per heavy atom.